The first kappa shape index (κ1) is 20.6. The lowest BCUT2D eigenvalue weighted by Gasteiger charge is -2.29. The van der Waals surface area contributed by atoms with E-state index in [1.807, 2.05) is 60.8 Å². The Morgan fingerprint density at radius 3 is 2.78 bits per heavy atom. The van der Waals surface area contributed by atoms with Crippen LogP contribution in [0, 0.1) is 0 Å². The smallest absolute Gasteiger partial charge is 0.174 e. The quantitative estimate of drug-likeness (QED) is 0.387. The van der Waals surface area contributed by atoms with Crippen LogP contribution in [0.2, 0.25) is 5.02 Å². The van der Waals surface area contributed by atoms with Gasteiger partial charge in [0, 0.05) is 23.8 Å². The first-order valence-electron chi connectivity index (χ1n) is 10.2. The van der Waals surface area contributed by atoms with Crippen LogP contribution in [0.15, 0.2) is 83.7 Å². The maximum Gasteiger partial charge on any atom is 0.174 e. The third kappa shape index (κ3) is 3.74. The number of pyridine rings is 1. The van der Waals surface area contributed by atoms with Gasteiger partial charge < -0.3 is 23.9 Å². The highest BCUT2D eigenvalue weighted by Crippen LogP contribution is 2.43. The van der Waals surface area contributed by atoms with E-state index in [9.17, 15) is 0 Å². The van der Waals surface area contributed by atoms with E-state index in [2.05, 4.69) is 25.8 Å². The fourth-order valence-electron chi connectivity index (χ4n) is 4.15. The molecule has 1 aliphatic heterocycles. The number of aromatic nitrogens is 2. The number of ether oxygens (including phenoxy) is 1. The van der Waals surface area contributed by atoms with Crippen LogP contribution in [0.5, 0.6) is 5.75 Å². The second-order valence-electron chi connectivity index (χ2n) is 7.46. The average molecular weight is 465 g/mol. The first-order chi connectivity index (χ1) is 15.7. The lowest BCUT2D eigenvalue weighted by molar-refractivity contribution is 0.415. The van der Waals surface area contributed by atoms with Gasteiger partial charge in [-0.25, -0.2) is 0 Å². The van der Waals surface area contributed by atoms with Gasteiger partial charge in [-0.3, -0.25) is 4.98 Å². The summed E-state index contributed by atoms with van der Waals surface area (Å²) in [7, 11) is 1.60. The molecule has 0 amide bonds. The van der Waals surface area contributed by atoms with Gasteiger partial charge in [-0.1, -0.05) is 17.7 Å². The minimum absolute atomic E-state index is 0.144. The molecule has 2 atom stereocenters. The standard InChI is InChI=1S/C24H21ClN4O2S/c1-30-21-10-9-16(14-18(21)25)29-23(22(27-24(29)32)19-7-2-3-11-26-19)20-8-4-12-28(20)15-17-6-5-13-31-17/h2-14,22-23H,15H2,1H3,(H,27,32). The number of hydrogen-bond donors (Lipinski definition) is 1. The van der Waals surface area contributed by atoms with Crippen LogP contribution < -0.4 is 15.0 Å². The molecule has 0 radical (unpaired) electrons. The molecular formula is C24H21ClN4O2S. The van der Waals surface area contributed by atoms with Gasteiger partial charge in [0.05, 0.1) is 36.7 Å². The molecule has 6 nitrogen and oxygen atoms in total. The van der Waals surface area contributed by atoms with Crippen molar-refractivity contribution in [3.8, 4) is 5.75 Å². The normalized spacial score (nSPS) is 18.1. The molecular weight excluding hydrogens is 444 g/mol. The number of thiocarbonyl (C=S) groups is 1. The Labute approximate surface area is 196 Å². The van der Waals surface area contributed by atoms with Crippen LogP contribution in [-0.4, -0.2) is 21.8 Å². The molecule has 162 valence electrons. The van der Waals surface area contributed by atoms with Gasteiger partial charge in [-0.2, -0.15) is 0 Å². The van der Waals surface area contributed by atoms with Gasteiger partial charge in [0.2, 0.25) is 0 Å². The van der Waals surface area contributed by atoms with Gasteiger partial charge in [0.1, 0.15) is 17.6 Å². The summed E-state index contributed by atoms with van der Waals surface area (Å²) in [5.41, 5.74) is 2.87. The Bertz CT molecular complexity index is 1230. The topological polar surface area (TPSA) is 55.5 Å². The van der Waals surface area contributed by atoms with Gasteiger partial charge >= 0.3 is 0 Å². The van der Waals surface area contributed by atoms with Gasteiger partial charge in [-0.05, 0) is 66.8 Å². The Balaban J connectivity index is 1.61. The maximum absolute atomic E-state index is 6.46. The fraction of sp³-hybridized carbons (Fsp3) is 0.167. The summed E-state index contributed by atoms with van der Waals surface area (Å²) in [6, 6.07) is 19.3. The van der Waals surface area contributed by atoms with Crippen molar-refractivity contribution in [3.63, 3.8) is 0 Å². The molecule has 0 saturated carbocycles. The van der Waals surface area contributed by atoms with Crippen LogP contribution in [0.25, 0.3) is 0 Å². The molecule has 1 saturated heterocycles. The fourth-order valence-corrected chi connectivity index (χ4v) is 4.75. The number of rotatable bonds is 6. The van der Waals surface area contributed by atoms with Crippen molar-refractivity contribution >= 4 is 34.6 Å². The molecule has 3 aromatic heterocycles. The SMILES string of the molecule is COc1ccc(N2C(=S)NC(c3ccccn3)C2c2cccn2Cc2ccco2)cc1Cl. The largest absolute Gasteiger partial charge is 0.495 e. The number of furan rings is 1. The third-order valence-electron chi connectivity index (χ3n) is 5.59. The van der Waals surface area contributed by atoms with Crippen molar-refractivity contribution in [2.75, 3.05) is 12.0 Å². The van der Waals surface area contributed by atoms with Crippen molar-refractivity contribution in [1.29, 1.82) is 0 Å². The van der Waals surface area contributed by atoms with Crippen LogP contribution in [0.1, 0.15) is 29.2 Å². The molecule has 5 rings (SSSR count). The van der Waals surface area contributed by atoms with E-state index in [1.54, 1.807) is 19.6 Å². The summed E-state index contributed by atoms with van der Waals surface area (Å²) in [6.45, 7) is 0.616. The Hall–Kier alpha value is -3.29. The lowest BCUT2D eigenvalue weighted by Crippen LogP contribution is -2.30. The van der Waals surface area contributed by atoms with E-state index in [0.717, 1.165) is 22.8 Å². The molecule has 1 aliphatic rings. The van der Waals surface area contributed by atoms with E-state index in [-0.39, 0.29) is 12.1 Å². The highest BCUT2D eigenvalue weighted by atomic mass is 35.5. The van der Waals surface area contributed by atoms with Crippen LogP contribution in [-0.2, 0) is 6.54 Å². The van der Waals surface area contributed by atoms with Crippen molar-refractivity contribution in [2.45, 2.75) is 18.6 Å². The lowest BCUT2D eigenvalue weighted by atomic mass is 10.0. The van der Waals surface area contributed by atoms with Crippen molar-refractivity contribution < 1.29 is 9.15 Å². The van der Waals surface area contributed by atoms with E-state index in [1.165, 1.54) is 0 Å². The number of methoxy groups -OCH3 is 1. The van der Waals surface area contributed by atoms with E-state index >= 15 is 0 Å². The molecule has 8 heteroatoms. The molecule has 1 N–H and O–H groups in total. The summed E-state index contributed by atoms with van der Waals surface area (Å²) in [4.78, 5) is 6.70. The number of benzene rings is 1. The van der Waals surface area contributed by atoms with E-state index < -0.39 is 0 Å². The molecule has 32 heavy (non-hydrogen) atoms. The summed E-state index contributed by atoms with van der Waals surface area (Å²) in [6.07, 6.45) is 5.53. The van der Waals surface area contributed by atoms with Gasteiger partial charge in [0.25, 0.3) is 0 Å². The predicted octanol–water partition coefficient (Wildman–Crippen LogP) is 5.36. The maximum atomic E-state index is 6.46. The second kappa shape index (κ2) is 8.68. The molecule has 4 heterocycles. The zero-order chi connectivity index (χ0) is 22.1. The summed E-state index contributed by atoms with van der Waals surface area (Å²) >= 11 is 12.3. The number of hydrogen-bond acceptors (Lipinski definition) is 4. The summed E-state index contributed by atoms with van der Waals surface area (Å²) in [5, 5.41) is 4.61. The zero-order valence-electron chi connectivity index (χ0n) is 17.3. The number of halogens is 1. The molecule has 0 aliphatic carbocycles. The molecule has 4 aromatic rings. The van der Waals surface area contributed by atoms with Crippen molar-refractivity contribution in [2.24, 2.45) is 0 Å². The van der Waals surface area contributed by atoms with E-state index in [0.29, 0.717) is 22.4 Å². The van der Waals surface area contributed by atoms with Gasteiger partial charge in [-0.15, -0.1) is 0 Å². The van der Waals surface area contributed by atoms with Crippen LogP contribution in [0.3, 0.4) is 0 Å². The van der Waals surface area contributed by atoms with Crippen LogP contribution in [0.4, 0.5) is 5.69 Å². The van der Waals surface area contributed by atoms with Crippen molar-refractivity contribution in [1.82, 2.24) is 14.9 Å². The Kier molecular flexibility index (Phi) is 5.59. The monoisotopic (exact) mass is 464 g/mol. The average Bonchev–Trinajstić information content (AvgIpc) is 3.55. The third-order valence-corrected chi connectivity index (χ3v) is 6.20. The molecule has 0 spiro atoms. The molecule has 2 unspecified atom stereocenters. The highest BCUT2D eigenvalue weighted by molar-refractivity contribution is 7.80. The van der Waals surface area contributed by atoms with E-state index in [4.69, 9.17) is 33.0 Å². The minimum atomic E-state index is -0.146. The highest BCUT2D eigenvalue weighted by Gasteiger charge is 2.42. The van der Waals surface area contributed by atoms with Gasteiger partial charge in [0.15, 0.2) is 5.11 Å². The Morgan fingerprint density at radius 2 is 2.06 bits per heavy atom. The summed E-state index contributed by atoms with van der Waals surface area (Å²) in [5.74, 6) is 1.50. The predicted molar refractivity (Wildman–Crippen MR) is 128 cm³/mol. The molecule has 1 aromatic carbocycles. The first-order valence-corrected chi connectivity index (χ1v) is 11.0. The zero-order valence-corrected chi connectivity index (χ0v) is 18.9. The molecule has 0 bridgehead atoms. The Morgan fingerprint density at radius 1 is 1.16 bits per heavy atom. The number of anilines is 1. The second-order valence-corrected chi connectivity index (χ2v) is 8.25. The minimum Gasteiger partial charge on any atom is -0.495 e. The number of nitrogens with one attached hydrogen (secondary N) is 1. The van der Waals surface area contributed by atoms with Crippen molar-refractivity contribution in [3.05, 3.63) is 101 Å². The molecule has 1 fully saturated rings. The summed E-state index contributed by atoms with van der Waals surface area (Å²) < 4.78 is 13.1. The van der Waals surface area contributed by atoms with Crippen LogP contribution >= 0.6 is 23.8 Å². The number of nitrogens with zero attached hydrogens (tertiary/aromatic N) is 3.